The van der Waals surface area contributed by atoms with E-state index < -0.39 is 17.8 Å². The number of nitrogens with one attached hydrogen (secondary N) is 2. The van der Waals surface area contributed by atoms with Gasteiger partial charge in [0.1, 0.15) is 17.6 Å². The Hall–Kier alpha value is -3.66. The number of aryl methyl sites for hydroxylation is 1. The van der Waals surface area contributed by atoms with Crippen molar-refractivity contribution in [3.63, 3.8) is 0 Å². The van der Waals surface area contributed by atoms with Crippen LogP contribution in [-0.2, 0) is 9.53 Å². The monoisotopic (exact) mass is 410 g/mol. The standard InChI is InChI=1S/C20H19FN6O3/c1-12-24-25-26-27(12)17-11-15(7-8-16(17)21)22-19(28)13-4-2-5-14(10-13)23-20(29)18-6-3-9-30-18/h2,4-5,7-8,10-11,18H,3,6,9H2,1H3,(H,22,28)(H,23,29). The smallest absolute Gasteiger partial charge is 0.255 e. The fraction of sp³-hybridized carbons (Fsp3) is 0.250. The van der Waals surface area contributed by atoms with E-state index in [1.807, 2.05) is 0 Å². The molecule has 3 aromatic rings. The number of anilines is 2. The third kappa shape index (κ3) is 4.18. The van der Waals surface area contributed by atoms with E-state index in [4.69, 9.17) is 4.74 Å². The first-order valence-corrected chi connectivity index (χ1v) is 9.40. The zero-order chi connectivity index (χ0) is 21.1. The fourth-order valence-corrected chi connectivity index (χ4v) is 3.16. The second kappa shape index (κ2) is 8.37. The molecule has 4 rings (SSSR count). The van der Waals surface area contributed by atoms with Gasteiger partial charge in [-0.05, 0) is 66.6 Å². The first-order chi connectivity index (χ1) is 14.5. The van der Waals surface area contributed by atoms with Crippen LogP contribution in [0.15, 0.2) is 42.5 Å². The molecule has 1 aliphatic rings. The summed E-state index contributed by atoms with van der Waals surface area (Å²) in [6.45, 7) is 2.21. The van der Waals surface area contributed by atoms with E-state index in [1.165, 1.54) is 22.9 Å². The first-order valence-electron chi connectivity index (χ1n) is 9.40. The van der Waals surface area contributed by atoms with Crippen molar-refractivity contribution in [1.82, 2.24) is 20.2 Å². The predicted molar refractivity (Wildman–Crippen MR) is 106 cm³/mol. The molecule has 0 radical (unpaired) electrons. The van der Waals surface area contributed by atoms with Gasteiger partial charge in [-0.3, -0.25) is 9.59 Å². The minimum Gasteiger partial charge on any atom is -0.368 e. The van der Waals surface area contributed by atoms with E-state index in [-0.39, 0.29) is 11.6 Å². The van der Waals surface area contributed by atoms with Crippen molar-refractivity contribution < 1.29 is 18.7 Å². The average molecular weight is 410 g/mol. The molecule has 9 nitrogen and oxygen atoms in total. The molecular formula is C20H19FN6O3. The van der Waals surface area contributed by atoms with Crippen molar-refractivity contribution in [3.05, 3.63) is 59.7 Å². The number of hydrogen-bond donors (Lipinski definition) is 2. The number of halogens is 1. The summed E-state index contributed by atoms with van der Waals surface area (Å²) in [5, 5.41) is 16.5. The highest BCUT2D eigenvalue weighted by Gasteiger charge is 2.23. The van der Waals surface area contributed by atoms with Gasteiger partial charge in [0.25, 0.3) is 11.8 Å². The molecule has 10 heteroatoms. The van der Waals surface area contributed by atoms with Gasteiger partial charge in [0, 0.05) is 23.5 Å². The number of hydrogen-bond acceptors (Lipinski definition) is 6. The van der Waals surface area contributed by atoms with Crippen molar-refractivity contribution in [2.45, 2.75) is 25.9 Å². The zero-order valence-corrected chi connectivity index (χ0v) is 16.1. The second-order valence-corrected chi connectivity index (χ2v) is 6.83. The van der Waals surface area contributed by atoms with Crippen LogP contribution in [0.2, 0.25) is 0 Å². The molecule has 0 aliphatic carbocycles. The number of benzene rings is 2. The molecule has 1 aromatic heterocycles. The Balaban J connectivity index is 1.49. The minimum atomic E-state index is -0.526. The van der Waals surface area contributed by atoms with Crippen LogP contribution in [0.1, 0.15) is 29.0 Å². The van der Waals surface area contributed by atoms with Crippen LogP contribution in [0.4, 0.5) is 15.8 Å². The Morgan fingerprint density at radius 1 is 1.17 bits per heavy atom. The third-order valence-corrected chi connectivity index (χ3v) is 4.67. The molecule has 154 valence electrons. The lowest BCUT2D eigenvalue weighted by atomic mass is 10.1. The molecule has 0 saturated carbocycles. The number of amides is 2. The van der Waals surface area contributed by atoms with Gasteiger partial charge in [0.2, 0.25) is 0 Å². The van der Waals surface area contributed by atoms with Crippen molar-refractivity contribution >= 4 is 23.2 Å². The molecular weight excluding hydrogens is 391 g/mol. The summed E-state index contributed by atoms with van der Waals surface area (Å²) in [6, 6.07) is 10.7. The quantitative estimate of drug-likeness (QED) is 0.669. The number of aromatic nitrogens is 4. The predicted octanol–water partition coefficient (Wildman–Crippen LogP) is 2.48. The van der Waals surface area contributed by atoms with Crippen LogP contribution >= 0.6 is 0 Å². The first kappa shape index (κ1) is 19.6. The summed E-state index contributed by atoms with van der Waals surface area (Å²) in [6.07, 6.45) is 1.07. The Kier molecular flexibility index (Phi) is 5.48. The largest absolute Gasteiger partial charge is 0.368 e. The van der Waals surface area contributed by atoms with Crippen molar-refractivity contribution in [3.8, 4) is 5.69 Å². The van der Waals surface area contributed by atoms with E-state index in [9.17, 15) is 14.0 Å². The molecule has 1 atom stereocenters. The maximum absolute atomic E-state index is 14.2. The maximum Gasteiger partial charge on any atom is 0.255 e. The molecule has 0 bridgehead atoms. The SMILES string of the molecule is Cc1nnnn1-c1cc(NC(=O)c2cccc(NC(=O)C3CCCO3)c2)ccc1F. The van der Waals surface area contributed by atoms with E-state index in [1.54, 1.807) is 31.2 Å². The summed E-state index contributed by atoms with van der Waals surface area (Å²) in [5.74, 6) is -0.756. The lowest BCUT2D eigenvalue weighted by molar-refractivity contribution is -0.124. The molecule has 0 spiro atoms. The van der Waals surface area contributed by atoms with Gasteiger partial charge in [-0.25, -0.2) is 4.39 Å². The van der Waals surface area contributed by atoms with Gasteiger partial charge in [-0.2, -0.15) is 4.68 Å². The van der Waals surface area contributed by atoms with E-state index in [2.05, 4.69) is 26.2 Å². The van der Waals surface area contributed by atoms with Crippen LogP contribution in [0.25, 0.3) is 5.69 Å². The van der Waals surface area contributed by atoms with E-state index in [0.717, 1.165) is 6.42 Å². The summed E-state index contributed by atoms with van der Waals surface area (Å²) in [7, 11) is 0. The van der Waals surface area contributed by atoms with E-state index >= 15 is 0 Å². The minimum absolute atomic E-state index is 0.118. The van der Waals surface area contributed by atoms with Gasteiger partial charge >= 0.3 is 0 Å². The molecule has 2 amide bonds. The molecule has 1 unspecified atom stereocenters. The molecule has 1 saturated heterocycles. The van der Waals surface area contributed by atoms with E-state index in [0.29, 0.717) is 35.8 Å². The van der Waals surface area contributed by atoms with Gasteiger partial charge in [-0.1, -0.05) is 6.07 Å². The maximum atomic E-state index is 14.2. The third-order valence-electron chi connectivity index (χ3n) is 4.67. The van der Waals surface area contributed by atoms with Crippen LogP contribution in [-0.4, -0.2) is 44.7 Å². The average Bonchev–Trinajstić information content (AvgIpc) is 3.42. The normalized spacial score (nSPS) is 15.7. The zero-order valence-electron chi connectivity index (χ0n) is 16.1. The number of tetrazole rings is 1. The van der Waals surface area contributed by atoms with Gasteiger partial charge in [-0.15, -0.1) is 5.10 Å². The number of carbonyl (C=O) groups is 2. The Labute approximate surface area is 171 Å². The molecule has 2 aromatic carbocycles. The Morgan fingerprint density at radius 3 is 2.73 bits per heavy atom. The van der Waals surface area contributed by atoms with Gasteiger partial charge < -0.3 is 15.4 Å². The second-order valence-electron chi connectivity index (χ2n) is 6.83. The molecule has 2 N–H and O–H groups in total. The summed E-state index contributed by atoms with van der Waals surface area (Å²) < 4.78 is 20.8. The number of ether oxygens (including phenoxy) is 1. The summed E-state index contributed by atoms with van der Waals surface area (Å²) >= 11 is 0. The molecule has 1 fully saturated rings. The summed E-state index contributed by atoms with van der Waals surface area (Å²) in [4.78, 5) is 24.9. The Bertz CT molecular complexity index is 1090. The van der Waals surface area contributed by atoms with Crippen LogP contribution in [0, 0.1) is 12.7 Å². The van der Waals surface area contributed by atoms with Crippen LogP contribution < -0.4 is 10.6 Å². The highest BCUT2D eigenvalue weighted by Crippen LogP contribution is 2.21. The van der Waals surface area contributed by atoms with Crippen molar-refractivity contribution in [2.75, 3.05) is 17.2 Å². The number of rotatable bonds is 5. The highest BCUT2D eigenvalue weighted by atomic mass is 19.1. The number of nitrogens with zero attached hydrogens (tertiary/aromatic N) is 4. The van der Waals surface area contributed by atoms with Crippen molar-refractivity contribution in [2.24, 2.45) is 0 Å². The van der Waals surface area contributed by atoms with Crippen molar-refractivity contribution in [1.29, 1.82) is 0 Å². The lowest BCUT2D eigenvalue weighted by Gasteiger charge is -2.12. The Morgan fingerprint density at radius 2 is 2.00 bits per heavy atom. The molecule has 1 aliphatic heterocycles. The van der Waals surface area contributed by atoms with Gasteiger partial charge in [0.15, 0.2) is 5.82 Å². The van der Waals surface area contributed by atoms with Crippen LogP contribution in [0.3, 0.4) is 0 Å². The topological polar surface area (TPSA) is 111 Å². The van der Waals surface area contributed by atoms with Gasteiger partial charge in [0.05, 0.1) is 0 Å². The summed E-state index contributed by atoms with van der Waals surface area (Å²) in [5.41, 5.74) is 1.32. The lowest BCUT2D eigenvalue weighted by Crippen LogP contribution is -2.27. The molecule has 2 heterocycles. The number of carbonyl (C=O) groups excluding carboxylic acids is 2. The highest BCUT2D eigenvalue weighted by molar-refractivity contribution is 6.05. The molecule has 30 heavy (non-hydrogen) atoms. The fourth-order valence-electron chi connectivity index (χ4n) is 3.16. The van der Waals surface area contributed by atoms with Crippen LogP contribution in [0.5, 0.6) is 0 Å².